The Morgan fingerprint density at radius 1 is 1.03 bits per heavy atom. The van der Waals surface area contributed by atoms with Crippen LogP contribution in [-0.2, 0) is 13.0 Å². The third kappa shape index (κ3) is 3.37. The number of benzene rings is 1. The lowest BCUT2D eigenvalue weighted by molar-refractivity contribution is 0.628. The van der Waals surface area contributed by atoms with E-state index in [2.05, 4.69) is 49.6 Å². The summed E-state index contributed by atoms with van der Waals surface area (Å²) in [5.41, 5.74) is 5.69. The van der Waals surface area contributed by atoms with Gasteiger partial charge in [-0.15, -0.1) is 10.2 Å². The Kier molecular flexibility index (Phi) is 4.41. The van der Waals surface area contributed by atoms with Crippen LogP contribution in [0.4, 0.5) is 0 Å². The van der Waals surface area contributed by atoms with E-state index < -0.39 is 0 Å². The van der Waals surface area contributed by atoms with E-state index in [0.29, 0.717) is 19.4 Å². The maximum atomic E-state index is 8.74. The summed E-state index contributed by atoms with van der Waals surface area (Å²) in [6.07, 6.45) is 6.67. The highest BCUT2D eigenvalue weighted by Crippen LogP contribution is 2.24. The van der Waals surface area contributed by atoms with Gasteiger partial charge in [0.25, 0.3) is 0 Å². The number of hydrogen-bond acceptors (Lipinski definition) is 6. The third-order valence-electron chi connectivity index (χ3n) is 4.99. The largest absolute Gasteiger partial charge is 0.271 e. The van der Waals surface area contributed by atoms with Crippen LogP contribution in [-0.4, -0.2) is 34.6 Å². The Morgan fingerprint density at radius 3 is 2.87 bits per heavy atom. The fourth-order valence-electron chi connectivity index (χ4n) is 3.47. The smallest absolute Gasteiger partial charge is 0.177 e. The van der Waals surface area contributed by atoms with Crippen molar-refractivity contribution < 1.29 is 0 Å². The molecule has 30 heavy (non-hydrogen) atoms. The normalized spacial score (nSPS) is 11.2. The molecule has 1 aromatic carbocycles. The van der Waals surface area contributed by atoms with Crippen molar-refractivity contribution in [2.24, 2.45) is 0 Å². The molecule has 0 saturated carbocycles. The quantitative estimate of drug-likeness (QED) is 0.453. The van der Waals surface area contributed by atoms with Crippen molar-refractivity contribution in [3.63, 3.8) is 0 Å². The molecule has 0 fully saturated rings. The SMILES string of the molecule is Cc1ccc2nnc(Cc3ccc4ncc(-c5cnn(CCC#N)c5)cc4c3)n2n1. The van der Waals surface area contributed by atoms with Crippen molar-refractivity contribution in [2.75, 3.05) is 0 Å². The maximum absolute atomic E-state index is 8.74. The summed E-state index contributed by atoms with van der Waals surface area (Å²) >= 11 is 0. The predicted molar refractivity (Wildman–Crippen MR) is 112 cm³/mol. The molecule has 8 heteroatoms. The van der Waals surface area contributed by atoms with Crippen molar-refractivity contribution in [1.29, 1.82) is 5.26 Å². The van der Waals surface area contributed by atoms with Gasteiger partial charge in [-0.05, 0) is 42.8 Å². The van der Waals surface area contributed by atoms with E-state index in [9.17, 15) is 0 Å². The van der Waals surface area contributed by atoms with Crippen LogP contribution in [0.15, 0.2) is 55.0 Å². The number of nitriles is 1. The Hall–Kier alpha value is -4.12. The maximum Gasteiger partial charge on any atom is 0.177 e. The molecular weight excluding hydrogens is 376 g/mol. The van der Waals surface area contributed by atoms with Crippen LogP contribution in [0.5, 0.6) is 0 Å². The van der Waals surface area contributed by atoms with Crippen molar-refractivity contribution in [2.45, 2.75) is 26.3 Å². The van der Waals surface area contributed by atoms with Crippen LogP contribution < -0.4 is 0 Å². The summed E-state index contributed by atoms with van der Waals surface area (Å²) in [5.74, 6) is 0.802. The molecule has 8 nitrogen and oxygen atoms in total. The van der Waals surface area contributed by atoms with E-state index in [4.69, 9.17) is 5.26 Å². The minimum absolute atomic E-state index is 0.437. The summed E-state index contributed by atoms with van der Waals surface area (Å²) in [7, 11) is 0. The van der Waals surface area contributed by atoms with E-state index in [0.717, 1.165) is 44.8 Å². The molecule has 0 bridgehead atoms. The molecule has 0 saturated heterocycles. The van der Waals surface area contributed by atoms with Gasteiger partial charge in [0.2, 0.25) is 0 Å². The summed E-state index contributed by atoms with van der Waals surface area (Å²) in [6.45, 7) is 2.54. The molecule has 0 aliphatic rings. The van der Waals surface area contributed by atoms with Crippen molar-refractivity contribution in [1.82, 2.24) is 34.6 Å². The number of fused-ring (bicyclic) bond motifs is 2. The van der Waals surface area contributed by atoms with Crippen LogP contribution >= 0.6 is 0 Å². The van der Waals surface area contributed by atoms with E-state index in [-0.39, 0.29) is 0 Å². The zero-order chi connectivity index (χ0) is 20.5. The average Bonchev–Trinajstić information content (AvgIpc) is 3.39. The highest BCUT2D eigenvalue weighted by molar-refractivity contribution is 5.84. The first-order valence-corrected chi connectivity index (χ1v) is 9.66. The first kappa shape index (κ1) is 17.9. The van der Waals surface area contributed by atoms with Crippen LogP contribution in [0.3, 0.4) is 0 Å². The number of pyridine rings is 1. The molecule has 0 aliphatic carbocycles. The average molecular weight is 394 g/mol. The zero-order valence-electron chi connectivity index (χ0n) is 16.4. The fraction of sp³-hybridized carbons (Fsp3) is 0.182. The molecule has 146 valence electrons. The monoisotopic (exact) mass is 394 g/mol. The molecule has 0 spiro atoms. The molecular formula is C22H18N8. The van der Waals surface area contributed by atoms with E-state index in [1.807, 2.05) is 37.5 Å². The topological polar surface area (TPSA) is 97.6 Å². The standard InChI is InChI=1S/C22H18N8/c1-15-3-6-21-26-27-22(30(21)28-15)10-16-4-5-20-17(9-16)11-18(12-24-20)19-13-25-29(14-19)8-2-7-23/h3-6,9,11-14H,2,8,10H2,1H3. The minimum atomic E-state index is 0.437. The molecule has 5 aromatic rings. The molecule has 0 atom stereocenters. The molecule has 0 N–H and O–H groups in total. The van der Waals surface area contributed by atoms with Gasteiger partial charge >= 0.3 is 0 Å². The predicted octanol–water partition coefficient (Wildman–Crippen LogP) is 3.35. The van der Waals surface area contributed by atoms with Crippen molar-refractivity contribution in [3.8, 4) is 17.2 Å². The van der Waals surface area contributed by atoms with Gasteiger partial charge in [-0.1, -0.05) is 6.07 Å². The molecule has 4 aromatic heterocycles. The van der Waals surface area contributed by atoms with Crippen molar-refractivity contribution in [3.05, 3.63) is 72.1 Å². The van der Waals surface area contributed by atoms with Gasteiger partial charge in [0, 0.05) is 35.3 Å². The van der Waals surface area contributed by atoms with Gasteiger partial charge in [-0.2, -0.15) is 20.0 Å². The Labute approximate surface area is 172 Å². The lowest BCUT2D eigenvalue weighted by Gasteiger charge is -2.05. The number of nitrogens with zero attached hydrogens (tertiary/aromatic N) is 8. The molecule has 0 amide bonds. The van der Waals surface area contributed by atoms with Gasteiger partial charge in [0.1, 0.15) is 0 Å². The second-order valence-electron chi connectivity index (χ2n) is 7.19. The Bertz CT molecular complexity index is 1410. The lowest BCUT2D eigenvalue weighted by atomic mass is 10.0. The van der Waals surface area contributed by atoms with Gasteiger partial charge in [0.15, 0.2) is 11.5 Å². The van der Waals surface area contributed by atoms with E-state index >= 15 is 0 Å². The molecule has 5 rings (SSSR count). The second-order valence-corrected chi connectivity index (χ2v) is 7.19. The summed E-state index contributed by atoms with van der Waals surface area (Å²) in [6, 6.07) is 14.3. The third-order valence-corrected chi connectivity index (χ3v) is 4.99. The Morgan fingerprint density at radius 2 is 1.97 bits per heavy atom. The summed E-state index contributed by atoms with van der Waals surface area (Å²) in [5, 5.41) is 27.2. The van der Waals surface area contributed by atoms with Crippen LogP contribution in [0.2, 0.25) is 0 Å². The van der Waals surface area contributed by atoms with Gasteiger partial charge in [-0.25, -0.2) is 0 Å². The van der Waals surface area contributed by atoms with E-state index in [1.165, 1.54) is 0 Å². The number of rotatable bonds is 5. The first-order chi connectivity index (χ1) is 14.7. The second kappa shape index (κ2) is 7.37. The van der Waals surface area contributed by atoms with Crippen LogP contribution in [0.1, 0.15) is 23.5 Å². The van der Waals surface area contributed by atoms with Crippen molar-refractivity contribution >= 4 is 16.6 Å². The lowest BCUT2D eigenvalue weighted by Crippen LogP contribution is -2.01. The Balaban J connectivity index is 1.46. The van der Waals surface area contributed by atoms with Crippen LogP contribution in [0.25, 0.3) is 27.7 Å². The molecule has 0 aliphatic heterocycles. The summed E-state index contributed by atoms with van der Waals surface area (Å²) < 4.78 is 3.58. The summed E-state index contributed by atoms with van der Waals surface area (Å²) in [4.78, 5) is 4.59. The highest BCUT2D eigenvalue weighted by Gasteiger charge is 2.10. The molecule has 0 radical (unpaired) electrons. The zero-order valence-corrected chi connectivity index (χ0v) is 16.4. The van der Waals surface area contributed by atoms with Gasteiger partial charge < -0.3 is 0 Å². The fourth-order valence-corrected chi connectivity index (χ4v) is 3.47. The number of aryl methyl sites for hydroxylation is 2. The number of aromatic nitrogens is 7. The molecule has 4 heterocycles. The van der Waals surface area contributed by atoms with Gasteiger partial charge in [0.05, 0.1) is 36.4 Å². The number of hydrogen-bond donors (Lipinski definition) is 0. The molecule has 0 unspecified atom stereocenters. The first-order valence-electron chi connectivity index (χ1n) is 9.66. The van der Waals surface area contributed by atoms with E-state index in [1.54, 1.807) is 15.4 Å². The van der Waals surface area contributed by atoms with Crippen LogP contribution in [0, 0.1) is 18.3 Å². The highest BCUT2D eigenvalue weighted by atomic mass is 15.4. The van der Waals surface area contributed by atoms with Gasteiger partial charge in [-0.3, -0.25) is 9.67 Å². The minimum Gasteiger partial charge on any atom is -0.271 e.